The fourth-order valence-electron chi connectivity index (χ4n) is 2.82. The third-order valence-electron chi connectivity index (χ3n) is 4.17. The molecule has 11 heteroatoms. The van der Waals surface area contributed by atoms with Gasteiger partial charge in [-0.15, -0.1) is 13.2 Å². The molecule has 0 N–H and O–H groups in total. The van der Waals surface area contributed by atoms with Gasteiger partial charge in [-0.05, 0) is 54.1 Å². The van der Waals surface area contributed by atoms with Crippen molar-refractivity contribution in [1.82, 2.24) is 19.7 Å². The van der Waals surface area contributed by atoms with Crippen LogP contribution >= 0.6 is 11.6 Å². The molecule has 0 fully saturated rings. The highest BCUT2D eigenvalue weighted by Gasteiger charge is 2.31. The molecular weight excluding hydrogens is 437 g/mol. The first kappa shape index (κ1) is 20.6. The van der Waals surface area contributed by atoms with Gasteiger partial charge in [-0.25, -0.2) is 4.98 Å². The normalized spacial score (nSPS) is 11.5. The van der Waals surface area contributed by atoms with Crippen LogP contribution in [0.3, 0.4) is 0 Å². The van der Waals surface area contributed by atoms with E-state index in [0.717, 1.165) is 17.7 Å². The SMILES string of the molecule is O=c1c(-c2nc(-c3ccc(OC(F)(F)F)cc3)no2)cccn1Cc1ccnc(Cl)c1. The number of aromatic nitrogens is 4. The van der Waals surface area contributed by atoms with Crippen molar-refractivity contribution < 1.29 is 22.4 Å². The number of benzene rings is 1. The minimum atomic E-state index is -4.78. The maximum Gasteiger partial charge on any atom is 0.573 e. The van der Waals surface area contributed by atoms with E-state index < -0.39 is 6.36 Å². The Morgan fingerprint density at radius 1 is 1.13 bits per heavy atom. The smallest absolute Gasteiger partial charge is 0.406 e. The van der Waals surface area contributed by atoms with Gasteiger partial charge < -0.3 is 13.8 Å². The lowest BCUT2D eigenvalue weighted by molar-refractivity contribution is -0.274. The summed E-state index contributed by atoms with van der Waals surface area (Å²) in [6.45, 7) is 0.260. The molecule has 0 unspecified atom stereocenters. The third-order valence-corrected chi connectivity index (χ3v) is 4.37. The van der Waals surface area contributed by atoms with Crippen molar-refractivity contribution in [3.8, 4) is 28.6 Å². The zero-order valence-corrected chi connectivity index (χ0v) is 16.3. The number of ether oxygens (including phenoxy) is 1. The fraction of sp³-hybridized carbons (Fsp3) is 0.100. The number of hydrogen-bond acceptors (Lipinski definition) is 6. The molecule has 0 amide bonds. The van der Waals surface area contributed by atoms with Crippen LogP contribution in [0.25, 0.3) is 22.8 Å². The minimum absolute atomic E-state index is 0.0160. The van der Waals surface area contributed by atoms with Crippen LogP contribution in [-0.4, -0.2) is 26.1 Å². The maximum atomic E-state index is 12.8. The average molecular weight is 449 g/mol. The Morgan fingerprint density at radius 2 is 1.90 bits per heavy atom. The van der Waals surface area contributed by atoms with E-state index >= 15 is 0 Å². The molecule has 0 radical (unpaired) electrons. The van der Waals surface area contributed by atoms with Crippen LogP contribution in [0.1, 0.15) is 5.56 Å². The molecule has 31 heavy (non-hydrogen) atoms. The van der Waals surface area contributed by atoms with Crippen molar-refractivity contribution in [3.63, 3.8) is 0 Å². The Kier molecular flexibility index (Phi) is 5.47. The predicted molar refractivity (Wildman–Crippen MR) is 104 cm³/mol. The standard InChI is InChI=1S/C20H12ClF3N4O3/c21-16-10-12(7-8-25-16)11-28-9-1-2-15(19(28)29)18-26-17(27-31-18)13-3-5-14(6-4-13)30-20(22,23)24/h1-10H,11H2. The second kappa shape index (κ2) is 8.23. The Morgan fingerprint density at radius 3 is 2.61 bits per heavy atom. The molecule has 0 aliphatic heterocycles. The van der Waals surface area contributed by atoms with Gasteiger partial charge in [0.1, 0.15) is 16.5 Å². The van der Waals surface area contributed by atoms with Gasteiger partial charge in [0, 0.05) is 18.0 Å². The van der Waals surface area contributed by atoms with E-state index in [1.54, 1.807) is 30.6 Å². The first-order chi connectivity index (χ1) is 14.8. The zero-order chi connectivity index (χ0) is 22.0. The van der Waals surface area contributed by atoms with Crippen molar-refractivity contribution in [3.05, 3.63) is 82.0 Å². The molecule has 1 aromatic carbocycles. The molecule has 0 aliphatic rings. The summed E-state index contributed by atoms with van der Waals surface area (Å²) in [5.41, 5.74) is 0.997. The van der Waals surface area contributed by atoms with Gasteiger partial charge in [0.2, 0.25) is 5.82 Å². The number of alkyl halides is 3. The van der Waals surface area contributed by atoms with Crippen molar-refractivity contribution in [2.45, 2.75) is 12.9 Å². The summed E-state index contributed by atoms with van der Waals surface area (Å²) < 4.78 is 47.3. The molecule has 0 saturated carbocycles. The third kappa shape index (κ3) is 4.92. The van der Waals surface area contributed by atoms with Crippen molar-refractivity contribution in [2.75, 3.05) is 0 Å². The molecular formula is C20H12ClF3N4O3. The van der Waals surface area contributed by atoms with E-state index in [9.17, 15) is 18.0 Å². The molecule has 3 aromatic heterocycles. The van der Waals surface area contributed by atoms with Crippen LogP contribution in [0.4, 0.5) is 13.2 Å². The van der Waals surface area contributed by atoms with Crippen LogP contribution in [-0.2, 0) is 6.54 Å². The summed E-state index contributed by atoms with van der Waals surface area (Å²) >= 11 is 5.89. The highest BCUT2D eigenvalue weighted by molar-refractivity contribution is 6.29. The van der Waals surface area contributed by atoms with Crippen molar-refractivity contribution >= 4 is 11.6 Å². The summed E-state index contributed by atoms with van der Waals surface area (Å²) in [7, 11) is 0. The average Bonchev–Trinajstić information content (AvgIpc) is 3.19. The summed E-state index contributed by atoms with van der Waals surface area (Å²) in [6, 6.07) is 11.6. The molecule has 158 valence electrons. The summed E-state index contributed by atoms with van der Waals surface area (Å²) in [5, 5.41) is 4.13. The number of hydrogen-bond donors (Lipinski definition) is 0. The number of nitrogens with zero attached hydrogens (tertiary/aromatic N) is 4. The maximum absolute atomic E-state index is 12.8. The summed E-state index contributed by atoms with van der Waals surface area (Å²) in [4.78, 5) is 20.9. The van der Waals surface area contributed by atoms with E-state index in [-0.39, 0.29) is 35.1 Å². The van der Waals surface area contributed by atoms with Crippen LogP contribution in [0.5, 0.6) is 5.75 Å². The van der Waals surface area contributed by atoms with E-state index in [2.05, 4.69) is 19.9 Å². The van der Waals surface area contributed by atoms with Crippen molar-refractivity contribution in [2.24, 2.45) is 0 Å². The number of halogens is 4. The van der Waals surface area contributed by atoms with Crippen molar-refractivity contribution in [1.29, 1.82) is 0 Å². The zero-order valence-electron chi connectivity index (χ0n) is 15.5. The molecule has 0 spiro atoms. The van der Waals surface area contributed by atoms with Gasteiger partial charge in [-0.3, -0.25) is 4.79 Å². The molecule has 0 saturated heterocycles. The van der Waals surface area contributed by atoms with Crippen LogP contribution in [0.15, 0.2) is 70.2 Å². The first-order valence-corrected chi connectivity index (χ1v) is 9.16. The Bertz CT molecular complexity index is 1270. The van der Waals surface area contributed by atoms with Crippen LogP contribution < -0.4 is 10.3 Å². The largest absolute Gasteiger partial charge is 0.573 e. The minimum Gasteiger partial charge on any atom is -0.406 e. The van der Waals surface area contributed by atoms with Gasteiger partial charge in [0.15, 0.2) is 0 Å². The molecule has 0 bridgehead atoms. The monoisotopic (exact) mass is 448 g/mol. The summed E-state index contributed by atoms with van der Waals surface area (Å²) in [6.07, 6.45) is -1.63. The van der Waals surface area contributed by atoms with Gasteiger partial charge in [0.25, 0.3) is 11.4 Å². The van der Waals surface area contributed by atoms with Gasteiger partial charge in [-0.1, -0.05) is 16.8 Å². The lowest BCUT2D eigenvalue weighted by Crippen LogP contribution is -2.21. The Balaban J connectivity index is 1.58. The van der Waals surface area contributed by atoms with E-state index in [4.69, 9.17) is 16.1 Å². The van der Waals surface area contributed by atoms with E-state index in [0.29, 0.717) is 10.7 Å². The lowest BCUT2D eigenvalue weighted by Gasteiger charge is -2.08. The second-order valence-corrected chi connectivity index (χ2v) is 6.72. The molecule has 7 nitrogen and oxygen atoms in total. The Labute approximate surface area is 177 Å². The lowest BCUT2D eigenvalue weighted by atomic mass is 10.2. The molecule has 4 rings (SSSR count). The molecule has 0 aliphatic carbocycles. The second-order valence-electron chi connectivity index (χ2n) is 6.34. The van der Waals surface area contributed by atoms with E-state index in [1.807, 2.05) is 0 Å². The van der Waals surface area contributed by atoms with Gasteiger partial charge in [-0.2, -0.15) is 4.98 Å². The van der Waals surface area contributed by atoms with Crippen LogP contribution in [0.2, 0.25) is 5.15 Å². The topological polar surface area (TPSA) is 83.0 Å². The fourth-order valence-corrected chi connectivity index (χ4v) is 3.01. The predicted octanol–water partition coefficient (Wildman–Crippen LogP) is 4.56. The molecule has 0 atom stereocenters. The quantitative estimate of drug-likeness (QED) is 0.416. The number of rotatable bonds is 5. The van der Waals surface area contributed by atoms with Gasteiger partial charge in [0.05, 0.1) is 6.54 Å². The molecule has 3 heterocycles. The van der Waals surface area contributed by atoms with Gasteiger partial charge >= 0.3 is 6.36 Å². The number of pyridine rings is 2. The highest BCUT2D eigenvalue weighted by Crippen LogP contribution is 2.26. The van der Waals surface area contributed by atoms with Crippen LogP contribution in [0, 0.1) is 0 Å². The summed E-state index contributed by atoms with van der Waals surface area (Å²) in [5.74, 6) is -0.274. The highest BCUT2D eigenvalue weighted by atomic mass is 35.5. The first-order valence-electron chi connectivity index (χ1n) is 8.79. The Hall–Kier alpha value is -3.66. The van der Waals surface area contributed by atoms with E-state index in [1.165, 1.54) is 22.8 Å². The molecule has 4 aromatic rings.